The summed E-state index contributed by atoms with van der Waals surface area (Å²) in [6.45, 7) is 10.7. The van der Waals surface area contributed by atoms with Gasteiger partial charge in [0.15, 0.2) is 0 Å². The molecule has 5 N–H and O–H groups in total. The van der Waals surface area contributed by atoms with Crippen molar-refractivity contribution in [3.8, 4) is 11.3 Å². The molecule has 0 radical (unpaired) electrons. The molecular formula is C24H31N5O5S. The second-order valence-corrected chi connectivity index (χ2v) is 12.0. The first kappa shape index (κ1) is 26.2. The van der Waals surface area contributed by atoms with Gasteiger partial charge in [-0.3, -0.25) is 14.8 Å². The number of nitrogens with one attached hydrogen (secondary N) is 2. The predicted molar refractivity (Wildman–Crippen MR) is 134 cm³/mol. The molecule has 0 bridgehead atoms. The van der Waals surface area contributed by atoms with Gasteiger partial charge in [0.05, 0.1) is 10.4 Å². The molecular weight excluding hydrogens is 470 g/mol. The molecule has 1 heterocycles. The van der Waals surface area contributed by atoms with Crippen LogP contribution in [0.25, 0.3) is 22.2 Å². The molecule has 2 amide bonds. The number of hydrogen-bond acceptors (Lipinski definition) is 5. The monoisotopic (exact) mass is 501 g/mol. The van der Waals surface area contributed by atoms with Crippen LogP contribution in [0.4, 0.5) is 10.5 Å². The van der Waals surface area contributed by atoms with Gasteiger partial charge in [0, 0.05) is 22.2 Å². The molecule has 11 heteroatoms. The van der Waals surface area contributed by atoms with Crippen molar-refractivity contribution in [3.05, 3.63) is 42.5 Å². The number of carbonyl (C=O) groups excluding carboxylic acids is 1. The summed E-state index contributed by atoms with van der Waals surface area (Å²) in [5, 5.41) is 25.9. The number of carbonyl (C=O) groups is 2. The van der Waals surface area contributed by atoms with Crippen LogP contribution in [0.3, 0.4) is 0 Å². The van der Waals surface area contributed by atoms with Crippen LogP contribution in [0.5, 0.6) is 0 Å². The third-order valence-electron chi connectivity index (χ3n) is 5.52. The van der Waals surface area contributed by atoms with Crippen LogP contribution < -0.4 is 10.5 Å². The molecule has 0 aliphatic carbocycles. The fraction of sp³-hybridized carbons (Fsp3) is 0.375. The van der Waals surface area contributed by atoms with Crippen molar-refractivity contribution in [3.63, 3.8) is 0 Å². The van der Waals surface area contributed by atoms with E-state index in [1.807, 2.05) is 20.8 Å². The number of rotatable bonds is 5. The number of H-pyrrole nitrogens is 1. The summed E-state index contributed by atoms with van der Waals surface area (Å²) >= 11 is 0. The van der Waals surface area contributed by atoms with Gasteiger partial charge < -0.3 is 10.4 Å². The fourth-order valence-corrected chi connectivity index (χ4v) is 4.58. The highest BCUT2D eigenvalue weighted by atomic mass is 32.2. The van der Waals surface area contributed by atoms with Crippen molar-refractivity contribution in [2.75, 3.05) is 5.32 Å². The van der Waals surface area contributed by atoms with Crippen LogP contribution in [0, 0.1) is 5.41 Å². The standard InChI is InChI=1S/C24H31N5O5S/c1-23(2,3)20(29(22(31)32)24(4,5)6)21(30)26-15-10-11-18-17(13-15)19(28-27-18)14-8-7-9-16(12-14)35(25,33)34/h7-13,20H,1-6H3,(H,26,30)(H,27,28)(H,31,32)(H2,25,33,34). The smallest absolute Gasteiger partial charge is 0.408 e. The Kier molecular flexibility index (Phi) is 6.71. The maximum atomic E-state index is 13.4. The Hall–Kier alpha value is -3.44. The van der Waals surface area contributed by atoms with Gasteiger partial charge in [-0.15, -0.1) is 0 Å². The van der Waals surface area contributed by atoms with Gasteiger partial charge in [-0.2, -0.15) is 5.10 Å². The molecule has 35 heavy (non-hydrogen) atoms. The lowest BCUT2D eigenvalue weighted by Crippen LogP contribution is -2.60. The fourth-order valence-electron chi connectivity index (χ4n) is 4.03. The number of carboxylic acid groups (broad SMARTS) is 1. The van der Waals surface area contributed by atoms with E-state index in [-0.39, 0.29) is 4.90 Å². The quantitative estimate of drug-likeness (QED) is 0.413. The maximum absolute atomic E-state index is 13.4. The van der Waals surface area contributed by atoms with E-state index in [1.54, 1.807) is 51.1 Å². The summed E-state index contributed by atoms with van der Waals surface area (Å²) in [7, 11) is -3.89. The molecule has 0 aliphatic rings. The van der Waals surface area contributed by atoms with Gasteiger partial charge in [0.2, 0.25) is 15.9 Å². The number of sulfonamides is 1. The number of anilines is 1. The number of nitrogens with two attached hydrogens (primary N) is 1. The number of aromatic amines is 1. The third-order valence-corrected chi connectivity index (χ3v) is 6.43. The van der Waals surface area contributed by atoms with E-state index >= 15 is 0 Å². The molecule has 3 aromatic rings. The highest BCUT2D eigenvalue weighted by molar-refractivity contribution is 7.89. The molecule has 1 atom stereocenters. The first-order valence-electron chi connectivity index (χ1n) is 10.9. The van der Waals surface area contributed by atoms with Crippen LogP contribution in [0.15, 0.2) is 47.4 Å². The average Bonchev–Trinajstić information content (AvgIpc) is 3.12. The van der Waals surface area contributed by atoms with E-state index in [1.165, 1.54) is 17.0 Å². The molecule has 10 nitrogen and oxygen atoms in total. The number of primary sulfonamides is 1. The molecule has 0 aliphatic heterocycles. The van der Waals surface area contributed by atoms with Crippen molar-refractivity contribution in [1.29, 1.82) is 0 Å². The highest BCUT2D eigenvalue weighted by Gasteiger charge is 2.44. The van der Waals surface area contributed by atoms with Crippen LogP contribution >= 0.6 is 0 Å². The molecule has 188 valence electrons. The van der Waals surface area contributed by atoms with Gasteiger partial charge in [-0.05, 0) is 56.5 Å². The topological polar surface area (TPSA) is 158 Å². The van der Waals surface area contributed by atoms with Crippen LogP contribution in [0.1, 0.15) is 41.5 Å². The highest BCUT2D eigenvalue weighted by Crippen LogP contribution is 2.33. The zero-order valence-corrected chi connectivity index (χ0v) is 21.4. The summed E-state index contributed by atoms with van der Waals surface area (Å²) in [4.78, 5) is 26.7. The van der Waals surface area contributed by atoms with E-state index in [4.69, 9.17) is 5.14 Å². The van der Waals surface area contributed by atoms with E-state index in [0.717, 1.165) is 0 Å². The molecule has 0 saturated carbocycles. The summed E-state index contributed by atoms with van der Waals surface area (Å²) in [6.07, 6.45) is -1.19. The molecule has 3 rings (SSSR count). The number of aromatic nitrogens is 2. The summed E-state index contributed by atoms with van der Waals surface area (Å²) in [5.41, 5.74) is 0.639. The Balaban J connectivity index is 2.02. The normalized spacial score (nSPS) is 13.5. The molecule has 0 saturated heterocycles. The van der Waals surface area contributed by atoms with Gasteiger partial charge in [-0.25, -0.2) is 18.4 Å². The minimum atomic E-state index is -3.89. The van der Waals surface area contributed by atoms with Crippen molar-refractivity contribution in [2.24, 2.45) is 10.6 Å². The van der Waals surface area contributed by atoms with Gasteiger partial charge in [0.1, 0.15) is 11.7 Å². The van der Waals surface area contributed by atoms with E-state index < -0.39 is 39.0 Å². The molecule has 1 aromatic heterocycles. The molecule has 1 unspecified atom stereocenters. The van der Waals surface area contributed by atoms with E-state index in [0.29, 0.717) is 27.8 Å². The maximum Gasteiger partial charge on any atom is 0.408 e. The van der Waals surface area contributed by atoms with E-state index in [2.05, 4.69) is 15.5 Å². The minimum absolute atomic E-state index is 0.0421. The lowest BCUT2D eigenvalue weighted by atomic mass is 9.83. The van der Waals surface area contributed by atoms with Crippen LogP contribution in [0.2, 0.25) is 0 Å². The Morgan fingerprint density at radius 3 is 2.29 bits per heavy atom. The third kappa shape index (κ3) is 5.63. The Labute approximate surface area is 204 Å². The Morgan fingerprint density at radius 2 is 1.74 bits per heavy atom. The van der Waals surface area contributed by atoms with Crippen molar-refractivity contribution in [1.82, 2.24) is 15.1 Å². The number of benzene rings is 2. The first-order valence-corrected chi connectivity index (χ1v) is 12.5. The average molecular weight is 502 g/mol. The zero-order chi connectivity index (χ0) is 26.3. The SMILES string of the molecule is CC(C)(C)C(C(=O)Nc1ccc2[nH]nc(-c3cccc(S(N)(=O)=O)c3)c2c1)N(C(=O)O)C(C)(C)C. The second-order valence-electron chi connectivity index (χ2n) is 10.5. The van der Waals surface area contributed by atoms with Gasteiger partial charge in [0.25, 0.3) is 0 Å². The summed E-state index contributed by atoms with van der Waals surface area (Å²) in [6, 6.07) is 10.3. The largest absolute Gasteiger partial charge is 0.465 e. The number of fused-ring (bicyclic) bond motifs is 1. The predicted octanol–water partition coefficient (Wildman–Crippen LogP) is 4.01. The number of nitrogens with zero attached hydrogens (tertiary/aromatic N) is 2. The number of hydrogen-bond donors (Lipinski definition) is 4. The van der Waals surface area contributed by atoms with Crippen molar-refractivity contribution < 1.29 is 23.1 Å². The Bertz CT molecular complexity index is 1380. The minimum Gasteiger partial charge on any atom is -0.465 e. The lowest BCUT2D eigenvalue weighted by molar-refractivity contribution is -0.126. The Morgan fingerprint density at radius 1 is 1.09 bits per heavy atom. The first-order chi connectivity index (χ1) is 16.0. The molecule has 2 aromatic carbocycles. The molecule has 0 fully saturated rings. The number of amides is 2. The summed E-state index contributed by atoms with van der Waals surface area (Å²) < 4.78 is 23.5. The van der Waals surface area contributed by atoms with E-state index in [9.17, 15) is 23.1 Å². The van der Waals surface area contributed by atoms with Crippen LogP contribution in [-0.2, 0) is 14.8 Å². The van der Waals surface area contributed by atoms with Crippen LogP contribution in [-0.4, -0.2) is 52.2 Å². The van der Waals surface area contributed by atoms with Gasteiger partial charge in [-0.1, -0.05) is 32.9 Å². The lowest BCUT2D eigenvalue weighted by Gasteiger charge is -2.44. The summed E-state index contributed by atoms with van der Waals surface area (Å²) in [5.74, 6) is -0.463. The van der Waals surface area contributed by atoms with Crippen molar-refractivity contribution >= 4 is 38.6 Å². The van der Waals surface area contributed by atoms with Gasteiger partial charge >= 0.3 is 6.09 Å². The second kappa shape index (κ2) is 8.97. The molecule has 0 spiro atoms. The van der Waals surface area contributed by atoms with Crippen molar-refractivity contribution in [2.45, 2.75) is 58.0 Å². The zero-order valence-electron chi connectivity index (χ0n) is 20.6.